The van der Waals surface area contributed by atoms with Crippen LogP contribution in [0.4, 0.5) is 5.69 Å². The molecular weight excluding hydrogens is 234 g/mol. The first kappa shape index (κ1) is 12.1. The SMILES string of the molecule is CC(C)Cc1cc(NN)c2cc(Cl)ccc2n1. The molecule has 2 aromatic rings. The molecule has 1 heterocycles. The summed E-state index contributed by atoms with van der Waals surface area (Å²) in [5.41, 5.74) is 5.54. The van der Waals surface area contributed by atoms with Gasteiger partial charge in [0.05, 0.1) is 11.2 Å². The van der Waals surface area contributed by atoms with E-state index in [0.29, 0.717) is 10.9 Å². The van der Waals surface area contributed by atoms with Crippen LogP contribution in [0.15, 0.2) is 24.3 Å². The topological polar surface area (TPSA) is 50.9 Å². The maximum absolute atomic E-state index is 5.98. The monoisotopic (exact) mass is 249 g/mol. The van der Waals surface area contributed by atoms with Crippen molar-refractivity contribution in [3.8, 4) is 0 Å². The van der Waals surface area contributed by atoms with E-state index in [9.17, 15) is 0 Å². The maximum atomic E-state index is 5.98. The van der Waals surface area contributed by atoms with Crippen molar-refractivity contribution < 1.29 is 0 Å². The Bertz CT molecular complexity index is 537. The van der Waals surface area contributed by atoms with Crippen LogP contribution < -0.4 is 11.3 Å². The fraction of sp³-hybridized carbons (Fsp3) is 0.308. The molecule has 4 heteroatoms. The Balaban J connectivity index is 2.58. The number of hydrogen-bond acceptors (Lipinski definition) is 3. The molecule has 0 fully saturated rings. The van der Waals surface area contributed by atoms with Crippen LogP contribution in [0.5, 0.6) is 0 Å². The number of nitrogens with one attached hydrogen (secondary N) is 1. The molecule has 2 rings (SSSR count). The van der Waals surface area contributed by atoms with Gasteiger partial charge in [-0.05, 0) is 36.6 Å². The number of nitrogens with two attached hydrogens (primary N) is 1. The third-order valence-electron chi connectivity index (χ3n) is 2.60. The summed E-state index contributed by atoms with van der Waals surface area (Å²) in [6, 6.07) is 7.62. The zero-order valence-corrected chi connectivity index (χ0v) is 10.8. The minimum absolute atomic E-state index is 0.567. The average Bonchev–Trinajstić information content (AvgIpc) is 2.27. The molecule has 0 atom stereocenters. The Hall–Kier alpha value is -1.32. The van der Waals surface area contributed by atoms with Gasteiger partial charge in [0, 0.05) is 16.1 Å². The van der Waals surface area contributed by atoms with E-state index in [4.69, 9.17) is 17.4 Å². The van der Waals surface area contributed by atoms with Gasteiger partial charge in [0.2, 0.25) is 0 Å². The normalized spacial score (nSPS) is 11.1. The van der Waals surface area contributed by atoms with E-state index in [-0.39, 0.29) is 0 Å². The van der Waals surface area contributed by atoms with Crippen LogP contribution in [0, 0.1) is 5.92 Å². The van der Waals surface area contributed by atoms with Crippen LogP contribution in [0.3, 0.4) is 0 Å². The van der Waals surface area contributed by atoms with E-state index in [0.717, 1.165) is 28.7 Å². The number of anilines is 1. The van der Waals surface area contributed by atoms with E-state index < -0.39 is 0 Å². The lowest BCUT2D eigenvalue weighted by Gasteiger charge is -2.10. The van der Waals surface area contributed by atoms with E-state index >= 15 is 0 Å². The lowest BCUT2D eigenvalue weighted by molar-refractivity contribution is 0.637. The van der Waals surface area contributed by atoms with E-state index in [1.165, 1.54) is 0 Å². The number of aromatic nitrogens is 1. The lowest BCUT2D eigenvalue weighted by atomic mass is 10.1. The highest BCUT2D eigenvalue weighted by Gasteiger charge is 2.07. The lowest BCUT2D eigenvalue weighted by Crippen LogP contribution is -2.09. The molecule has 0 amide bonds. The minimum Gasteiger partial charge on any atom is -0.323 e. The Morgan fingerprint density at radius 1 is 1.35 bits per heavy atom. The summed E-state index contributed by atoms with van der Waals surface area (Å²) < 4.78 is 0. The van der Waals surface area contributed by atoms with Crippen LogP contribution in [0.25, 0.3) is 10.9 Å². The smallest absolute Gasteiger partial charge is 0.0727 e. The number of nitrogens with zero attached hydrogens (tertiary/aromatic N) is 1. The highest BCUT2D eigenvalue weighted by atomic mass is 35.5. The molecular formula is C13H16ClN3. The van der Waals surface area contributed by atoms with Gasteiger partial charge in [0.1, 0.15) is 0 Å². The largest absolute Gasteiger partial charge is 0.323 e. The molecule has 0 aliphatic carbocycles. The van der Waals surface area contributed by atoms with Gasteiger partial charge >= 0.3 is 0 Å². The quantitative estimate of drug-likeness (QED) is 0.648. The number of fused-ring (bicyclic) bond motifs is 1. The zero-order valence-electron chi connectivity index (χ0n) is 10.00. The molecule has 0 aliphatic heterocycles. The Kier molecular flexibility index (Phi) is 3.50. The van der Waals surface area contributed by atoms with Crippen molar-refractivity contribution in [2.75, 3.05) is 5.43 Å². The summed E-state index contributed by atoms with van der Waals surface area (Å²) in [5.74, 6) is 6.11. The molecule has 0 bridgehead atoms. The Morgan fingerprint density at radius 2 is 2.12 bits per heavy atom. The predicted octanol–water partition coefficient (Wildman–Crippen LogP) is 3.37. The van der Waals surface area contributed by atoms with Gasteiger partial charge in [-0.1, -0.05) is 25.4 Å². The third-order valence-corrected chi connectivity index (χ3v) is 2.83. The number of pyridine rings is 1. The van der Waals surface area contributed by atoms with Crippen molar-refractivity contribution in [3.63, 3.8) is 0 Å². The van der Waals surface area contributed by atoms with Crippen molar-refractivity contribution in [3.05, 3.63) is 35.0 Å². The molecule has 0 aliphatic rings. The van der Waals surface area contributed by atoms with Crippen molar-refractivity contribution in [1.82, 2.24) is 4.98 Å². The zero-order chi connectivity index (χ0) is 12.4. The van der Waals surface area contributed by atoms with Gasteiger partial charge in [0.15, 0.2) is 0 Å². The van der Waals surface area contributed by atoms with Crippen LogP contribution >= 0.6 is 11.6 Å². The van der Waals surface area contributed by atoms with Gasteiger partial charge in [-0.3, -0.25) is 10.8 Å². The fourth-order valence-electron chi connectivity index (χ4n) is 1.90. The second-order valence-corrected chi connectivity index (χ2v) is 5.00. The Labute approximate surface area is 106 Å². The third kappa shape index (κ3) is 2.68. The molecule has 90 valence electrons. The highest BCUT2D eigenvalue weighted by Crippen LogP contribution is 2.26. The highest BCUT2D eigenvalue weighted by molar-refractivity contribution is 6.31. The average molecular weight is 250 g/mol. The molecule has 0 spiro atoms. The van der Waals surface area contributed by atoms with Gasteiger partial charge < -0.3 is 5.43 Å². The first-order valence-corrected chi connectivity index (χ1v) is 6.03. The molecule has 3 N–H and O–H groups in total. The fourth-order valence-corrected chi connectivity index (χ4v) is 2.07. The first-order chi connectivity index (χ1) is 8.10. The molecule has 17 heavy (non-hydrogen) atoms. The number of rotatable bonds is 3. The molecule has 1 aromatic carbocycles. The summed E-state index contributed by atoms with van der Waals surface area (Å²) in [6.45, 7) is 4.34. The summed E-state index contributed by atoms with van der Waals surface area (Å²) in [6.07, 6.45) is 0.938. The summed E-state index contributed by atoms with van der Waals surface area (Å²) in [5, 5.41) is 1.64. The van der Waals surface area contributed by atoms with Gasteiger partial charge in [0.25, 0.3) is 0 Å². The number of hydrazine groups is 1. The van der Waals surface area contributed by atoms with Crippen LogP contribution in [-0.4, -0.2) is 4.98 Å². The molecule has 3 nitrogen and oxygen atoms in total. The van der Waals surface area contributed by atoms with Crippen molar-refractivity contribution in [2.24, 2.45) is 11.8 Å². The second-order valence-electron chi connectivity index (χ2n) is 4.56. The number of benzene rings is 1. The number of hydrogen-bond donors (Lipinski definition) is 2. The van der Waals surface area contributed by atoms with E-state index in [1.807, 2.05) is 24.3 Å². The molecule has 0 radical (unpaired) electrons. The van der Waals surface area contributed by atoms with Gasteiger partial charge in [-0.15, -0.1) is 0 Å². The van der Waals surface area contributed by atoms with Crippen LogP contribution in [0.1, 0.15) is 19.5 Å². The molecule has 0 saturated carbocycles. The van der Waals surface area contributed by atoms with E-state index in [2.05, 4.69) is 24.3 Å². The summed E-state index contributed by atoms with van der Waals surface area (Å²) >= 11 is 5.98. The molecule has 1 aromatic heterocycles. The minimum atomic E-state index is 0.567. The number of halogens is 1. The Morgan fingerprint density at radius 3 is 2.76 bits per heavy atom. The van der Waals surface area contributed by atoms with Crippen LogP contribution in [0.2, 0.25) is 5.02 Å². The predicted molar refractivity (Wildman–Crippen MR) is 73.1 cm³/mol. The van der Waals surface area contributed by atoms with Gasteiger partial charge in [-0.2, -0.15) is 0 Å². The number of nitrogen functional groups attached to an aromatic ring is 1. The molecule has 0 saturated heterocycles. The van der Waals surface area contributed by atoms with Crippen LogP contribution in [-0.2, 0) is 6.42 Å². The standard InChI is InChI=1S/C13H16ClN3/c1-8(2)5-10-7-13(17-15)11-6-9(14)3-4-12(11)16-10/h3-4,6-8H,5,15H2,1-2H3,(H,16,17). The summed E-state index contributed by atoms with van der Waals surface area (Å²) in [4.78, 5) is 4.61. The maximum Gasteiger partial charge on any atom is 0.0727 e. The second kappa shape index (κ2) is 4.90. The van der Waals surface area contributed by atoms with Crippen molar-refractivity contribution >= 4 is 28.2 Å². The van der Waals surface area contributed by atoms with Crippen molar-refractivity contribution in [1.29, 1.82) is 0 Å². The van der Waals surface area contributed by atoms with Gasteiger partial charge in [-0.25, -0.2) is 0 Å². The van der Waals surface area contributed by atoms with E-state index in [1.54, 1.807) is 0 Å². The summed E-state index contributed by atoms with van der Waals surface area (Å²) in [7, 11) is 0. The molecule has 0 unspecified atom stereocenters. The first-order valence-electron chi connectivity index (χ1n) is 5.66. The van der Waals surface area contributed by atoms with Crippen molar-refractivity contribution in [2.45, 2.75) is 20.3 Å².